The predicted octanol–water partition coefficient (Wildman–Crippen LogP) is 3.58. The minimum Gasteiger partial charge on any atom is -0.465 e. The molecular formula is C22H31N3O3. The number of ketones is 1. The maximum Gasteiger partial charge on any atom is 0.339 e. The second kappa shape index (κ2) is 9.06. The Labute approximate surface area is 167 Å². The largest absolute Gasteiger partial charge is 0.465 e. The van der Waals surface area contributed by atoms with Crippen molar-refractivity contribution < 1.29 is 14.3 Å². The number of esters is 1. The van der Waals surface area contributed by atoms with Crippen LogP contribution in [-0.4, -0.2) is 55.4 Å². The number of carbonyl (C=O) groups excluding carboxylic acids is 2. The van der Waals surface area contributed by atoms with Crippen LogP contribution in [0.2, 0.25) is 0 Å². The molecule has 1 atom stereocenters. The maximum atomic E-state index is 13.1. The summed E-state index contributed by atoms with van der Waals surface area (Å²) in [5, 5.41) is 0. The Balaban J connectivity index is 2.21. The zero-order valence-electron chi connectivity index (χ0n) is 17.9. The minimum atomic E-state index is -0.425. The van der Waals surface area contributed by atoms with Crippen LogP contribution in [-0.2, 0) is 11.3 Å². The number of methoxy groups -OCH3 is 1. The second-order valence-corrected chi connectivity index (χ2v) is 7.28. The quantitative estimate of drug-likeness (QED) is 0.556. The van der Waals surface area contributed by atoms with E-state index in [9.17, 15) is 9.59 Å². The molecule has 1 N–H and O–H groups in total. The van der Waals surface area contributed by atoms with Gasteiger partial charge in [0.25, 0.3) is 0 Å². The van der Waals surface area contributed by atoms with E-state index in [0.29, 0.717) is 29.1 Å². The molecule has 0 aliphatic carbocycles. The third kappa shape index (κ3) is 4.44. The molecule has 28 heavy (non-hydrogen) atoms. The van der Waals surface area contributed by atoms with Crippen molar-refractivity contribution in [2.45, 2.75) is 40.3 Å². The number of hydrogen-bond acceptors (Lipinski definition) is 5. The van der Waals surface area contributed by atoms with E-state index in [1.165, 1.54) is 7.11 Å². The number of H-pyrrole nitrogens is 1. The average molecular weight is 386 g/mol. The molecule has 0 saturated carbocycles. The van der Waals surface area contributed by atoms with Gasteiger partial charge < -0.3 is 14.6 Å². The molecule has 0 aliphatic heterocycles. The van der Waals surface area contributed by atoms with Gasteiger partial charge in [-0.1, -0.05) is 19.1 Å². The van der Waals surface area contributed by atoms with Crippen LogP contribution in [0.5, 0.6) is 0 Å². The Kier molecular flexibility index (Phi) is 7.02. The van der Waals surface area contributed by atoms with Crippen molar-refractivity contribution in [3.8, 4) is 0 Å². The fourth-order valence-electron chi connectivity index (χ4n) is 3.44. The van der Waals surface area contributed by atoms with Crippen LogP contribution in [0.4, 0.5) is 5.69 Å². The number of Topliss-reactive ketones (excluding diaryl/α,β-unsaturated/α-hetero) is 1. The molecule has 6 heteroatoms. The second-order valence-electron chi connectivity index (χ2n) is 7.28. The lowest BCUT2D eigenvalue weighted by Crippen LogP contribution is -2.38. The van der Waals surface area contributed by atoms with Gasteiger partial charge in [0.1, 0.15) is 0 Å². The van der Waals surface area contributed by atoms with E-state index >= 15 is 0 Å². The number of aromatic nitrogens is 1. The van der Waals surface area contributed by atoms with E-state index in [2.05, 4.69) is 39.0 Å². The lowest BCUT2D eigenvalue weighted by atomic mass is 10.0. The summed E-state index contributed by atoms with van der Waals surface area (Å²) >= 11 is 0. The smallest absolute Gasteiger partial charge is 0.339 e. The standard InChI is InChI=1S/C22H31N3O3/c1-8-25(13-17-9-11-18(12-10-17)24(5)6)16(4)21(26)20-14(2)19(15(3)23-20)22(27)28-7/h9-12,16,23H,8,13H2,1-7H3/t16-/m1/s1. The lowest BCUT2D eigenvalue weighted by molar-refractivity contribution is 0.0599. The predicted molar refractivity (Wildman–Crippen MR) is 112 cm³/mol. The number of likely N-dealkylation sites (N-methyl/N-ethyl adjacent to an activating group) is 1. The molecule has 0 aliphatic rings. The summed E-state index contributed by atoms with van der Waals surface area (Å²) in [5.74, 6) is -0.450. The summed E-state index contributed by atoms with van der Waals surface area (Å²) < 4.78 is 4.84. The molecule has 1 heterocycles. The van der Waals surface area contributed by atoms with Gasteiger partial charge in [-0.15, -0.1) is 0 Å². The summed E-state index contributed by atoms with van der Waals surface area (Å²) in [4.78, 5) is 32.4. The third-order valence-corrected chi connectivity index (χ3v) is 5.25. The fourth-order valence-corrected chi connectivity index (χ4v) is 3.44. The number of aryl methyl sites for hydroxylation is 1. The lowest BCUT2D eigenvalue weighted by Gasteiger charge is -2.27. The summed E-state index contributed by atoms with van der Waals surface area (Å²) in [5.41, 5.74) is 4.52. The van der Waals surface area contributed by atoms with Gasteiger partial charge in [0.15, 0.2) is 5.78 Å². The van der Waals surface area contributed by atoms with Gasteiger partial charge >= 0.3 is 5.97 Å². The molecule has 6 nitrogen and oxygen atoms in total. The van der Waals surface area contributed by atoms with Gasteiger partial charge in [-0.05, 0) is 50.6 Å². The number of hydrogen-bond donors (Lipinski definition) is 1. The summed E-state index contributed by atoms with van der Waals surface area (Å²) in [6, 6.07) is 8.03. The fraction of sp³-hybridized carbons (Fsp3) is 0.455. The molecule has 0 fully saturated rings. The van der Waals surface area contributed by atoms with Crippen LogP contribution in [0, 0.1) is 13.8 Å². The molecule has 2 aromatic rings. The van der Waals surface area contributed by atoms with Crippen LogP contribution < -0.4 is 4.90 Å². The first-order chi connectivity index (χ1) is 13.2. The molecule has 2 rings (SSSR count). The molecule has 1 aromatic heterocycles. The Morgan fingerprint density at radius 3 is 2.25 bits per heavy atom. The van der Waals surface area contributed by atoms with E-state index in [1.807, 2.05) is 27.9 Å². The molecule has 0 spiro atoms. The van der Waals surface area contributed by atoms with Crippen molar-refractivity contribution in [3.63, 3.8) is 0 Å². The van der Waals surface area contributed by atoms with Gasteiger partial charge in [-0.2, -0.15) is 0 Å². The van der Waals surface area contributed by atoms with Crippen molar-refractivity contribution in [2.75, 3.05) is 32.6 Å². The maximum absolute atomic E-state index is 13.1. The topological polar surface area (TPSA) is 65.6 Å². The van der Waals surface area contributed by atoms with Crippen LogP contribution in [0.3, 0.4) is 0 Å². The van der Waals surface area contributed by atoms with Gasteiger partial charge in [0, 0.05) is 32.0 Å². The Hall–Kier alpha value is -2.60. The van der Waals surface area contributed by atoms with Crippen LogP contribution in [0.25, 0.3) is 0 Å². The van der Waals surface area contributed by atoms with Crippen LogP contribution >= 0.6 is 0 Å². The zero-order chi connectivity index (χ0) is 21.0. The van der Waals surface area contributed by atoms with Crippen molar-refractivity contribution in [3.05, 3.63) is 52.3 Å². The number of aromatic amines is 1. The summed E-state index contributed by atoms with van der Waals surface area (Å²) in [7, 11) is 5.37. The molecular weight excluding hydrogens is 354 g/mol. The molecule has 0 unspecified atom stereocenters. The van der Waals surface area contributed by atoms with Gasteiger partial charge in [0.2, 0.25) is 0 Å². The highest BCUT2D eigenvalue weighted by molar-refractivity contribution is 6.03. The van der Waals surface area contributed by atoms with Gasteiger partial charge in [-0.3, -0.25) is 9.69 Å². The number of nitrogens with zero attached hydrogens (tertiary/aromatic N) is 2. The van der Waals surface area contributed by atoms with E-state index in [1.54, 1.807) is 13.8 Å². The Morgan fingerprint density at radius 2 is 1.75 bits per heavy atom. The van der Waals surface area contributed by atoms with E-state index in [-0.39, 0.29) is 11.8 Å². The number of anilines is 1. The van der Waals surface area contributed by atoms with Crippen molar-refractivity contribution >= 4 is 17.4 Å². The van der Waals surface area contributed by atoms with Crippen molar-refractivity contribution in [2.24, 2.45) is 0 Å². The van der Waals surface area contributed by atoms with E-state index in [0.717, 1.165) is 17.8 Å². The number of benzene rings is 1. The van der Waals surface area contributed by atoms with E-state index in [4.69, 9.17) is 4.74 Å². The van der Waals surface area contributed by atoms with Gasteiger partial charge in [0.05, 0.1) is 24.4 Å². The number of carbonyl (C=O) groups is 2. The molecule has 1 aromatic carbocycles. The monoisotopic (exact) mass is 385 g/mol. The normalized spacial score (nSPS) is 12.1. The number of rotatable bonds is 8. The number of nitrogens with one attached hydrogen (secondary N) is 1. The highest BCUT2D eigenvalue weighted by Gasteiger charge is 2.28. The molecule has 0 saturated heterocycles. The zero-order valence-corrected chi connectivity index (χ0v) is 17.9. The summed E-state index contributed by atoms with van der Waals surface area (Å²) in [6.45, 7) is 8.94. The number of ether oxygens (including phenoxy) is 1. The first-order valence-corrected chi connectivity index (χ1v) is 9.53. The average Bonchev–Trinajstić information content (AvgIpc) is 2.98. The minimum absolute atomic E-state index is 0.0254. The summed E-state index contributed by atoms with van der Waals surface area (Å²) in [6.07, 6.45) is 0. The molecule has 152 valence electrons. The Bertz CT molecular complexity index is 837. The SMILES string of the molecule is CCN(Cc1ccc(N(C)C)cc1)[C@H](C)C(=O)c1[nH]c(C)c(C(=O)OC)c1C. The van der Waals surface area contributed by atoms with Crippen molar-refractivity contribution in [1.82, 2.24) is 9.88 Å². The highest BCUT2D eigenvalue weighted by atomic mass is 16.5. The van der Waals surface area contributed by atoms with Crippen molar-refractivity contribution in [1.29, 1.82) is 0 Å². The van der Waals surface area contributed by atoms with E-state index < -0.39 is 5.97 Å². The first-order valence-electron chi connectivity index (χ1n) is 9.53. The van der Waals surface area contributed by atoms with Crippen LogP contribution in [0.1, 0.15) is 51.5 Å². The Morgan fingerprint density at radius 1 is 1.14 bits per heavy atom. The molecule has 0 radical (unpaired) electrons. The van der Waals surface area contributed by atoms with Gasteiger partial charge in [-0.25, -0.2) is 4.79 Å². The molecule has 0 amide bonds. The highest BCUT2D eigenvalue weighted by Crippen LogP contribution is 2.22. The first kappa shape index (κ1) is 21.7. The van der Waals surface area contributed by atoms with Crippen LogP contribution in [0.15, 0.2) is 24.3 Å². The third-order valence-electron chi connectivity index (χ3n) is 5.25. The molecule has 0 bridgehead atoms.